The number of aromatic carboxylic acids is 1. The first-order valence-electron chi connectivity index (χ1n) is 5.28. The number of carboxylic acid groups (broad SMARTS) is 1. The Balaban J connectivity index is 2.38. The minimum atomic E-state index is -1.14. The van der Waals surface area contributed by atoms with Crippen LogP contribution in [0.15, 0.2) is 34.3 Å². The molecular formula is C12H8ClFN2O3S. The minimum Gasteiger partial charge on any atom is -0.478 e. The molecule has 0 spiro atoms. The monoisotopic (exact) mass is 314 g/mol. The van der Waals surface area contributed by atoms with Gasteiger partial charge in [-0.05, 0) is 18.2 Å². The highest BCUT2D eigenvalue weighted by atomic mass is 35.5. The summed E-state index contributed by atoms with van der Waals surface area (Å²) in [6.45, 7) is 0. The van der Waals surface area contributed by atoms with Gasteiger partial charge in [-0.25, -0.2) is 14.2 Å². The van der Waals surface area contributed by atoms with E-state index in [-0.39, 0.29) is 26.5 Å². The number of benzene rings is 1. The van der Waals surface area contributed by atoms with Crippen LogP contribution >= 0.6 is 23.4 Å². The van der Waals surface area contributed by atoms with E-state index in [9.17, 15) is 9.18 Å². The smallest absolute Gasteiger partial charge is 0.335 e. The average Bonchev–Trinajstić information content (AvgIpc) is 2.43. The first-order valence-corrected chi connectivity index (χ1v) is 6.48. The van der Waals surface area contributed by atoms with Gasteiger partial charge in [0.25, 0.3) is 0 Å². The molecule has 0 bridgehead atoms. The number of rotatable bonds is 4. The number of carboxylic acids is 1. The Morgan fingerprint density at radius 3 is 2.90 bits per heavy atom. The van der Waals surface area contributed by atoms with Crippen LogP contribution in [0.1, 0.15) is 10.4 Å². The summed E-state index contributed by atoms with van der Waals surface area (Å²) in [5.74, 6) is -1.70. The Labute approximate surface area is 122 Å². The van der Waals surface area contributed by atoms with E-state index in [1.807, 2.05) is 0 Å². The van der Waals surface area contributed by atoms with Crippen LogP contribution in [0.3, 0.4) is 0 Å². The molecule has 5 nitrogen and oxygen atoms in total. The molecule has 104 valence electrons. The molecule has 0 unspecified atom stereocenters. The van der Waals surface area contributed by atoms with Crippen molar-refractivity contribution in [2.24, 2.45) is 0 Å². The standard InChI is InChI=1S/C12H8ClFN2O3S/c1-19-12-15-5-7(13)10(16-12)20-9-4-6(11(17)18)2-3-8(9)14/h2-5H,1H3,(H,17,18). The highest BCUT2D eigenvalue weighted by Crippen LogP contribution is 2.34. The van der Waals surface area contributed by atoms with Crippen LogP contribution in [0.4, 0.5) is 4.39 Å². The average molecular weight is 315 g/mol. The summed E-state index contributed by atoms with van der Waals surface area (Å²) >= 11 is 6.82. The molecule has 1 heterocycles. The van der Waals surface area contributed by atoms with E-state index in [1.54, 1.807) is 0 Å². The molecule has 1 aromatic heterocycles. The van der Waals surface area contributed by atoms with Gasteiger partial charge < -0.3 is 9.84 Å². The van der Waals surface area contributed by atoms with E-state index >= 15 is 0 Å². The van der Waals surface area contributed by atoms with Crippen molar-refractivity contribution < 1.29 is 19.0 Å². The van der Waals surface area contributed by atoms with Crippen LogP contribution in [0.2, 0.25) is 5.02 Å². The van der Waals surface area contributed by atoms with Crippen molar-refractivity contribution in [2.45, 2.75) is 9.92 Å². The van der Waals surface area contributed by atoms with Gasteiger partial charge in [0.1, 0.15) is 10.8 Å². The number of methoxy groups -OCH3 is 1. The molecule has 1 N–H and O–H groups in total. The van der Waals surface area contributed by atoms with Crippen molar-refractivity contribution in [1.82, 2.24) is 9.97 Å². The van der Waals surface area contributed by atoms with Gasteiger partial charge in [0.05, 0.1) is 28.8 Å². The molecule has 0 fully saturated rings. The van der Waals surface area contributed by atoms with E-state index in [0.29, 0.717) is 0 Å². The lowest BCUT2D eigenvalue weighted by molar-refractivity contribution is 0.0696. The Hall–Kier alpha value is -1.86. The van der Waals surface area contributed by atoms with E-state index < -0.39 is 11.8 Å². The summed E-state index contributed by atoms with van der Waals surface area (Å²) in [7, 11) is 1.39. The number of carbonyl (C=O) groups is 1. The fraction of sp³-hybridized carbons (Fsp3) is 0.0833. The lowest BCUT2D eigenvalue weighted by atomic mass is 10.2. The van der Waals surface area contributed by atoms with Gasteiger partial charge in [0.2, 0.25) is 0 Å². The Morgan fingerprint density at radius 2 is 2.25 bits per heavy atom. The molecule has 0 aliphatic heterocycles. The molecule has 2 rings (SSSR count). The van der Waals surface area contributed by atoms with Crippen LogP contribution in [0, 0.1) is 5.82 Å². The van der Waals surface area contributed by atoms with Gasteiger partial charge in [-0.2, -0.15) is 4.98 Å². The molecule has 20 heavy (non-hydrogen) atoms. The van der Waals surface area contributed by atoms with E-state index in [4.69, 9.17) is 21.4 Å². The first kappa shape index (κ1) is 14.5. The van der Waals surface area contributed by atoms with Crippen LogP contribution in [-0.2, 0) is 0 Å². The van der Waals surface area contributed by atoms with Crippen LogP contribution in [0.5, 0.6) is 6.01 Å². The molecule has 0 saturated heterocycles. The summed E-state index contributed by atoms with van der Waals surface area (Å²) in [5, 5.41) is 9.40. The first-order chi connectivity index (χ1) is 9.51. The van der Waals surface area contributed by atoms with Crippen molar-refractivity contribution in [3.8, 4) is 6.01 Å². The summed E-state index contributed by atoms with van der Waals surface area (Å²) in [4.78, 5) is 18.8. The number of aromatic nitrogens is 2. The fourth-order valence-electron chi connectivity index (χ4n) is 1.32. The number of ether oxygens (including phenoxy) is 1. The van der Waals surface area contributed by atoms with Gasteiger partial charge in [0, 0.05) is 0 Å². The normalized spacial score (nSPS) is 10.3. The van der Waals surface area contributed by atoms with Gasteiger partial charge in [-0.1, -0.05) is 23.4 Å². The third kappa shape index (κ3) is 3.17. The molecular weight excluding hydrogens is 307 g/mol. The zero-order valence-electron chi connectivity index (χ0n) is 10.1. The highest BCUT2D eigenvalue weighted by molar-refractivity contribution is 7.99. The van der Waals surface area contributed by atoms with Crippen molar-refractivity contribution >= 4 is 29.3 Å². The minimum absolute atomic E-state index is 0.0222. The summed E-state index contributed by atoms with van der Waals surface area (Å²) < 4.78 is 18.6. The number of nitrogens with zero attached hydrogens (tertiary/aromatic N) is 2. The van der Waals surface area contributed by atoms with Crippen molar-refractivity contribution in [1.29, 1.82) is 0 Å². The summed E-state index contributed by atoms with van der Waals surface area (Å²) in [6, 6.07) is 3.57. The van der Waals surface area contributed by atoms with Crippen molar-refractivity contribution in [3.63, 3.8) is 0 Å². The lowest BCUT2D eigenvalue weighted by Gasteiger charge is -2.06. The number of hydrogen-bond donors (Lipinski definition) is 1. The predicted molar refractivity (Wildman–Crippen MR) is 71.1 cm³/mol. The third-order valence-corrected chi connectivity index (χ3v) is 3.68. The molecule has 0 atom stereocenters. The van der Waals surface area contributed by atoms with Gasteiger partial charge in [-0.15, -0.1) is 0 Å². The van der Waals surface area contributed by atoms with Gasteiger partial charge in [-0.3, -0.25) is 0 Å². The third-order valence-electron chi connectivity index (χ3n) is 2.26. The molecule has 0 aliphatic rings. The highest BCUT2D eigenvalue weighted by Gasteiger charge is 2.13. The van der Waals surface area contributed by atoms with E-state index in [1.165, 1.54) is 25.4 Å². The molecule has 0 aliphatic carbocycles. The Morgan fingerprint density at radius 1 is 1.50 bits per heavy atom. The molecule has 0 saturated carbocycles. The van der Waals surface area contributed by atoms with E-state index in [0.717, 1.165) is 17.8 Å². The number of hydrogen-bond acceptors (Lipinski definition) is 5. The quantitative estimate of drug-likeness (QED) is 0.874. The zero-order chi connectivity index (χ0) is 14.7. The van der Waals surface area contributed by atoms with Crippen LogP contribution in [-0.4, -0.2) is 28.2 Å². The largest absolute Gasteiger partial charge is 0.478 e. The Bertz CT molecular complexity index is 669. The number of halogens is 2. The second-order valence-electron chi connectivity index (χ2n) is 3.56. The second kappa shape index (κ2) is 6.06. The van der Waals surface area contributed by atoms with Gasteiger partial charge >= 0.3 is 12.0 Å². The van der Waals surface area contributed by atoms with Crippen molar-refractivity contribution in [3.05, 3.63) is 40.8 Å². The molecule has 0 radical (unpaired) electrons. The maximum Gasteiger partial charge on any atom is 0.335 e. The topological polar surface area (TPSA) is 72.3 Å². The van der Waals surface area contributed by atoms with E-state index in [2.05, 4.69) is 9.97 Å². The SMILES string of the molecule is COc1ncc(Cl)c(Sc2cc(C(=O)O)ccc2F)n1. The predicted octanol–water partition coefficient (Wildman–Crippen LogP) is 3.13. The summed E-state index contributed by atoms with van der Waals surface area (Å²) in [5.41, 5.74) is -0.0222. The maximum atomic E-state index is 13.7. The van der Waals surface area contributed by atoms with Crippen molar-refractivity contribution in [2.75, 3.05) is 7.11 Å². The molecule has 2 aromatic rings. The van der Waals surface area contributed by atoms with Crippen LogP contribution < -0.4 is 4.74 Å². The summed E-state index contributed by atoms with van der Waals surface area (Å²) in [6.07, 6.45) is 1.33. The molecule has 0 amide bonds. The van der Waals surface area contributed by atoms with Crippen LogP contribution in [0.25, 0.3) is 0 Å². The lowest BCUT2D eigenvalue weighted by Crippen LogP contribution is -1.98. The van der Waals surface area contributed by atoms with Gasteiger partial charge in [0.15, 0.2) is 0 Å². The molecule has 1 aromatic carbocycles. The Kier molecular flexibility index (Phi) is 4.41. The zero-order valence-corrected chi connectivity index (χ0v) is 11.7. The fourth-order valence-corrected chi connectivity index (χ4v) is 2.37. The maximum absolute atomic E-state index is 13.7. The second-order valence-corrected chi connectivity index (χ2v) is 5.00. The molecule has 8 heteroatoms.